The van der Waals surface area contributed by atoms with Crippen molar-refractivity contribution in [2.45, 2.75) is 50.7 Å². The summed E-state index contributed by atoms with van der Waals surface area (Å²) in [7, 11) is 1.87. The van der Waals surface area contributed by atoms with Crippen molar-refractivity contribution >= 4 is 35.3 Å². The van der Waals surface area contributed by atoms with Gasteiger partial charge in [-0.1, -0.05) is 25.3 Å². The molecule has 1 aromatic heterocycles. The molecule has 1 amide bonds. The summed E-state index contributed by atoms with van der Waals surface area (Å²) in [6, 6.07) is 4.99. The summed E-state index contributed by atoms with van der Waals surface area (Å²) in [6.45, 7) is 0. The minimum absolute atomic E-state index is 0. The highest BCUT2D eigenvalue weighted by Crippen LogP contribution is 2.30. The Labute approximate surface area is 171 Å². The average Bonchev–Trinajstić information content (AvgIpc) is 2.95. The van der Waals surface area contributed by atoms with E-state index in [0.29, 0.717) is 6.04 Å². The van der Waals surface area contributed by atoms with Crippen LogP contribution < -0.4 is 10.1 Å². The van der Waals surface area contributed by atoms with E-state index in [0.717, 1.165) is 35.5 Å². The normalized spacial score (nSPS) is 15.9. The van der Waals surface area contributed by atoms with Crippen molar-refractivity contribution in [3.05, 3.63) is 45.7 Å². The molecule has 9 heteroatoms. The van der Waals surface area contributed by atoms with Gasteiger partial charge in [0.15, 0.2) is 4.80 Å². The van der Waals surface area contributed by atoms with Crippen molar-refractivity contribution in [1.29, 1.82) is 0 Å². The van der Waals surface area contributed by atoms with Crippen LogP contribution in [0, 0.1) is 0 Å². The molecule has 1 aromatic carbocycles. The van der Waals surface area contributed by atoms with Crippen LogP contribution in [0.2, 0.25) is 0 Å². The Kier molecular flexibility index (Phi) is 7.71. The van der Waals surface area contributed by atoms with E-state index in [9.17, 15) is 18.0 Å². The van der Waals surface area contributed by atoms with E-state index in [1.54, 1.807) is 0 Å². The Morgan fingerprint density at radius 1 is 1.29 bits per heavy atom. The highest BCUT2D eigenvalue weighted by molar-refractivity contribution is 7.07. The number of hydrogen-bond acceptors (Lipinski definition) is 3. The van der Waals surface area contributed by atoms with E-state index in [2.05, 4.69) is 5.32 Å². The fraction of sp³-hybridized carbons (Fsp3) is 0.474. The highest BCUT2D eigenvalue weighted by Gasteiger charge is 2.30. The van der Waals surface area contributed by atoms with Crippen molar-refractivity contribution in [2.75, 3.05) is 5.32 Å². The minimum Gasteiger partial charge on any atom is -0.326 e. The number of thiazole rings is 1. The zero-order valence-corrected chi connectivity index (χ0v) is 17.1. The predicted octanol–water partition coefficient (Wildman–Crippen LogP) is 4.94. The van der Waals surface area contributed by atoms with E-state index in [1.807, 2.05) is 17.0 Å². The quantitative estimate of drug-likeness (QED) is 0.729. The second-order valence-electron chi connectivity index (χ2n) is 6.79. The summed E-state index contributed by atoms with van der Waals surface area (Å²) in [5.41, 5.74) is 0.147. The van der Waals surface area contributed by atoms with Gasteiger partial charge in [-0.2, -0.15) is 13.2 Å². The van der Waals surface area contributed by atoms with Crippen LogP contribution >= 0.6 is 23.7 Å². The van der Waals surface area contributed by atoms with Crippen molar-refractivity contribution in [1.82, 2.24) is 4.57 Å². The molecule has 0 unspecified atom stereocenters. The van der Waals surface area contributed by atoms with Gasteiger partial charge in [0, 0.05) is 23.8 Å². The van der Waals surface area contributed by atoms with E-state index in [4.69, 9.17) is 4.99 Å². The summed E-state index contributed by atoms with van der Waals surface area (Å²) in [5.74, 6) is -0.355. The molecule has 0 radical (unpaired) electrons. The van der Waals surface area contributed by atoms with Crippen molar-refractivity contribution in [3.63, 3.8) is 0 Å². The molecular formula is C19H23ClF3N3OS. The smallest absolute Gasteiger partial charge is 0.326 e. The summed E-state index contributed by atoms with van der Waals surface area (Å²) < 4.78 is 40.2. The molecule has 1 aliphatic rings. The van der Waals surface area contributed by atoms with Gasteiger partial charge in [0.2, 0.25) is 5.91 Å². The van der Waals surface area contributed by atoms with Crippen molar-refractivity contribution in [2.24, 2.45) is 12.0 Å². The van der Waals surface area contributed by atoms with Crippen LogP contribution in [-0.4, -0.2) is 16.5 Å². The number of nitrogens with zero attached hydrogens (tertiary/aromatic N) is 2. The Morgan fingerprint density at radius 3 is 2.68 bits per heavy atom. The van der Waals surface area contributed by atoms with Gasteiger partial charge in [0.1, 0.15) is 0 Å². The van der Waals surface area contributed by atoms with Gasteiger partial charge in [-0.15, -0.1) is 23.7 Å². The molecule has 1 saturated carbocycles. The van der Waals surface area contributed by atoms with E-state index in [-0.39, 0.29) is 30.4 Å². The topological polar surface area (TPSA) is 46.4 Å². The summed E-state index contributed by atoms with van der Waals surface area (Å²) in [5, 5.41) is 4.42. The second kappa shape index (κ2) is 9.60. The maximum atomic E-state index is 12.8. The number of aromatic nitrogens is 1. The number of halogens is 4. The zero-order valence-electron chi connectivity index (χ0n) is 15.5. The van der Waals surface area contributed by atoms with E-state index >= 15 is 0 Å². The number of carbonyl (C=O) groups excluding carboxylic acids is 1. The molecule has 154 valence electrons. The molecular weight excluding hydrogens is 411 g/mol. The molecule has 1 heterocycles. The fourth-order valence-electron chi connectivity index (χ4n) is 3.19. The molecule has 4 nitrogen and oxygen atoms in total. The van der Waals surface area contributed by atoms with Gasteiger partial charge in [0.25, 0.3) is 0 Å². The Balaban J connectivity index is 0.00000280. The van der Waals surface area contributed by atoms with Crippen molar-refractivity contribution < 1.29 is 18.0 Å². The van der Waals surface area contributed by atoms with Crippen molar-refractivity contribution in [3.8, 4) is 0 Å². The third kappa shape index (κ3) is 5.85. The van der Waals surface area contributed by atoms with Gasteiger partial charge < -0.3 is 9.88 Å². The van der Waals surface area contributed by atoms with Crippen LogP contribution in [0.25, 0.3) is 0 Å². The molecule has 0 aliphatic heterocycles. The maximum absolute atomic E-state index is 12.8. The summed E-state index contributed by atoms with van der Waals surface area (Å²) in [6.07, 6.45) is 1.53. The van der Waals surface area contributed by atoms with Gasteiger partial charge >= 0.3 is 6.18 Å². The predicted molar refractivity (Wildman–Crippen MR) is 107 cm³/mol. The number of rotatable bonds is 4. The lowest BCUT2D eigenvalue weighted by Gasteiger charge is -2.16. The van der Waals surface area contributed by atoms with Crippen LogP contribution in [0.5, 0.6) is 0 Å². The summed E-state index contributed by atoms with van der Waals surface area (Å²) >= 11 is 1.49. The number of anilines is 1. The molecule has 0 spiro atoms. The lowest BCUT2D eigenvalue weighted by molar-refractivity contribution is -0.137. The standard InChI is InChI=1S/C19H22F3N3OS.ClH/c1-25-16(12-27-18(25)24-14-7-3-2-4-8-14)11-17(26)23-15-9-5-6-13(10-15)19(20,21)22;/h5-6,9-10,12,14H,2-4,7-8,11H2,1H3,(H,23,26);1H. The molecule has 28 heavy (non-hydrogen) atoms. The van der Waals surface area contributed by atoms with Crippen LogP contribution in [0.3, 0.4) is 0 Å². The number of benzene rings is 1. The first kappa shape index (κ1) is 22.5. The SMILES string of the molecule is Cl.Cn1c(CC(=O)Nc2cccc(C(F)(F)F)c2)csc1=NC1CCCCC1. The third-order valence-corrected chi connectivity index (χ3v) is 5.68. The van der Waals surface area contributed by atoms with Gasteiger partial charge in [-0.05, 0) is 31.0 Å². The molecule has 0 saturated heterocycles. The Bertz CT molecular complexity index is 870. The third-order valence-electron chi connectivity index (χ3n) is 4.70. The van der Waals surface area contributed by atoms with Gasteiger partial charge in [0.05, 0.1) is 18.0 Å². The Morgan fingerprint density at radius 2 is 2.00 bits per heavy atom. The molecule has 3 rings (SSSR count). The lowest BCUT2D eigenvalue weighted by Crippen LogP contribution is -2.22. The number of hydrogen-bond donors (Lipinski definition) is 1. The molecule has 1 aliphatic carbocycles. The average molecular weight is 434 g/mol. The maximum Gasteiger partial charge on any atom is 0.416 e. The first-order chi connectivity index (χ1) is 12.8. The molecule has 1 fully saturated rings. The largest absolute Gasteiger partial charge is 0.416 e. The molecule has 2 aromatic rings. The van der Waals surface area contributed by atoms with Crippen LogP contribution in [0.15, 0.2) is 34.6 Å². The monoisotopic (exact) mass is 433 g/mol. The van der Waals surface area contributed by atoms with Gasteiger partial charge in [-0.3, -0.25) is 9.79 Å². The highest BCUT2D eigenvalue weighted by atomic mass is 35.5. The number of carbonyl (C=O) groups is 1. The number of alkyl halides is 3. The first-order valence-electron chi connectivity index (χ1n) is 8.97. The lowest BCUT2D eigenvalue weighted by atomic mass is 9.96. The number of amides is 1. The summed E-state index contributed by atoms with van der Waals surface area (Å²) in [4.78, 5) is 17.9. The van der Waals surface area contributed by atoms with Crippen LogP contribution in [0.4, 0.5) is 18.9 Å². The zero-order chi connectivity index (χ0) is 19.4. The van der Waals surface area contributed by atoms with E-state index < -0.39 is 11.7 Å². The molecule has 0 bridgehead atoms. The second-order valence-corrected chi connectivity index (χ2v) is 7.63. The minimum atomic E-state index is -4.43. The first-order valence-corrected chi connectivity index (χ1v) is 9.85. The van der Waals surface area contributed by atoms with Crippen LogP contribution in [-0.2, 0) is 24.4 Å². The molecule has 0 atom stereocenters. The van der Waals surface area contributed by atoms with Gasteiger partial charge in [-0.25, -0.2) is 0 Å². The van der Waals surface area contributed by atoms with E-state index in [1.165, 1.54) is 42.7 Å². The Hall–Kier alpha value is -1.80. The van der Waals surface area contributed by atoms with Crippen LogP contribution in [0.1, 0.15) is 43.4 Å². The fourth-order valence-corrected chi connectivity index (χ4v) is 4.16. The molecule has 1 N–H and O–H groups in total. The number of nitrogens with one attached hydrogen (secondary N) is 1.